The summed E-state index contributed by atoms with van der Waals surface area (Å²) in [4.78, 5) is 24.3. The first-order valence-electron chi connectivity index (χ1n) is 11.7. The third kappa shape index (κ3) is 6.91. The maximum absolute atomic E-state index is 12.2. The van der Waals surface area contributed by atoms with Crippen LogP contribution < -0.4 is 9.47 Å². The van der Waals surface area contributed by atoms with Gasteiger partial charge >= 0.3 is 11.9 Å². The van der Waals surface area contributed by atoms with Gasteiger partial charge in [0.2, 0.25) is 0 Å². The molecule has 0 aliphatic carbocycles. The lowest BCUT2D eigenvalue weighted by atomic mass is 10.0. The summed E-state index contributed by atoms with van der Waals surface area (Å²) in [6, 6.07) is 32.8. The van der Waals surface area contributed by atoms with E-state index < -0.39 is 11.9 Å². The number of nitriles is 2. The summed E-state index contributed by atoms with van der Waals surface area (Å²) in [5.41, 5.74) is 4.99. The number of esters is 2. The molecule has 0 amide bonds. The fraction of sp³-hybridized carbons (Fsp3) is 0.0968. The molecular formula is C31H22N2O4. The molecule has 0 heterocycles. The summed E-state index contributed by atoms with van der Waals surface area (Å²) >= 11 is 0. The van der Waals surface area contributed by atoms with Crippen molar-refractivity contribution in [2.75, 3.05) is 0 Å². The normalized spacial score (nSPS) is 10.1. The van der Waals surface area contributed by atoms with E-state index in [4.69, 9.17) is 20.0 Å². The molecule has 0 aromatic heterocycles. The average Bonchev–Trinajstić information content (AvgIpc) is 2.94. The molecule has 0 radical (unpaired) electrons. The predicted octanol–water partition coefficient (Wildman–Crippen LogP) is 6.45. The fourth-order valence-electron chi connectivity index (χ4n) is 3.65. The molecule has 37 heavy (non-hydrogen) atoms. The van der Waals surface area contributed by atoms with E-state index >= 15 is 0 Å². The number of hydrogen-bond donors (Lipinski definition) is 0. The van der Waals surface area contributed by atoms with E-state index in [9.17, 15) is 9.59 Å². The van der Waals surface area contributed by atoms with Gasteiger partial charge in [-0.15, -0.1) is 0 Å². The molecule has 4 rings (SSSR count). The molecule has 4 aromatic rings. The second kappa shape index (κ2) is 12.0. The molecule has 0 saturated carbocycles. The van der Waals surface area contributed by atoms with Crippen molar-refractivity contribution in [3.63, 3.8) is 0 Å². The van der Waals surface area contributed by atoms with E-state index in [-0.39, 0.29) is 12.8 Å². The summed E-state index contributed by atoms with van der Waals surface area (Å²) in [6.45, 7) is 0. The van der Waals surface area contributed by atoms with Crippen LogP contribution >= 0.6 is 0 Å². The lowest BCUT2D eigenvalue weighted by Gasteiger charge is -2.07. The molecule has 0 bridgehead atoms. The van der Waals surface area contributed by atoms with Gasteiger partial charge in [-0.25, -0.2) is 0 Å². The first-order chi connectivity index (χ1) is 18.0. The minimum absolute atomic E-state index is 0.0874. The number of rotatable bonds is 8. The molecule has 6 heteroatoms. The smallest absolute Gasteiger partial charge is 0.311 e. The van der Waals surface area contributed by atoms with Crippen LogP contribution in [0.5, 0.6) is 11.5 Å². The van der Waals surface area contributed by atoms with Crippen LogP contribution in [0, 0.1) is 22.7 Å². The summed E-state index contributed by atoms with van der Waals surface area (Å²) < 4.78 is 10.7. The molecule has 4 aromatic carbocycles. The highest BCUT2D eigenvalue weighted by atomic mass is 16.5. The van der Waals surface area contributed by atoms with Crippen LogP contribution in [0.3, 0.4) is 0 Å². The molecule has 0 atom stereocenters. The van der Waals surface area contributed by atoms with Crippen molar-refractivity contribution in [3.8, 4) is 45.9 Å². The highest BCUT2D eigenvalue weighted by Gasteiger charge is 2.10. The van der Waals surface area contributed by atoms with Gasteiger partial charge in [-0.2, -0.15) is 10.5 Å². The van der Waals surface area contributed by atoms with Crippen molar-refractivity contribution >= 4 is 11.9 Å². The molecule has 180 valence electrons. The maximum Gasteiger partial charge on any atom is 0.311 e. The van der Waals surface area contributed by atoms with Gasteiger partial charge in [0.05, 0.1) is 23.3 Å². The third-order valence-electron chi connectivity index (χ3n) is 5.63. The van der Waals surface area contributed by atoms with Gasteiger partial charge in [0.1, 0.15) is 11.5 Å². The summed E-state index contributed by atoms with van der Waals surface area (Å²) in [7, 11) is 0. The van der Waals surface area contributed by atoms with Crippen molar-refractivity contribution in [2.24, 2.45) is 0 Å². The first-order valence-corrected chi connectivity index (χ1v) is 11.7. The third-order valence-corrected chi connectivity index (χ3v) is 5.63. The maximum atomic E-state index is 12.2. The van der Waals surface area contributed by atoms with Crippen LogP contribution in [0.15, 0.2) is 97.1 Å². The lowest BCUT2D eigenvalue weighted by molar-refractivity contribution is -0.136. The van der Waals surface area contributed by atoms with Crippen molar-refractivity contribution in [1.82, 2.24) is 0 Å². The van der Waals surface area contributed by atoms with Crippen molar-refractivity contribution < 1.29 is 19.1 Å². The van der Waals surface area contributed by atoms with E-state index in [1.807, 2.05) is 48.5 Å². The van der Waals surface area contributed by atoms with Crippen molar-refractivity contribution in [3.05, 3.63) is 108 Å². The first kappa shape index (κ1) is 24.9. The number of nitrogens with zero attached hydrogens (tertiary/aromatic N) is 2. The number of carbonyl (C=O) groups is 2. The SMILES string of the molecule is N#Cc1ccc(-c2ccc(OC(=O)CCCC(=O)Oc3ccc(-c4ccc(C#N)cc4)cc3)cc2)cc1. The Morgan fingerprint density at radius 3 is 1.11 bits per heavy atom. The second-order valence-electron chi connectivity index (χ2n) is 8.23. The van der Waals surface area contributed by atoms with Crippen LogP contribution in [0.2, 0.25) is 0 Å². The Bertz CT molecular complexity index is 1340. The van der Waals surface area contributed by atoms with Gasteiger partial charge < -0.3 is 9.47 Å². The average molecular weight is 487 g/mol. The minimum Gasteiger partial charge on any atom is -0.427 e. The van der Waals surface area contributed by atoms with Gasteiger partial charge in [0.25, 0.3) is 0 Å². The lowest BCUT2D eigenvalue weighted by Crippen LogP contribution is -2.11. The Morgan fingerprint density at radius 1 is 0.514 bits per heavy atom. The zero-order chi connectivity index (χ0) is 26.0. The highest BCUT2D eigenvalue weighted by Crippen LogP contribution is 2.24. The van der Waals surface area contributed by atoms with E-state index in [1.54, 1.807) is 48.5 Å². The Hall–Kier alpha value is -5.20. The van der Waals surface area contributed by atoms with E-state index in [1.165, 1.54) is 0 Å². The van der Waals surface area contributed by atoms with Gasteiger partial charge in [-0.1, -0.05) is 48.5 Å². The zero-order valence-corrected chi connectivity index (χ0v) is 19.9. The van der Waals surface area contributed by atoms with Crippen molar-refractivity contribution in [1.29, 1.82) is 10.5 Å². The van der Waals surface area contributed by atoms with Crippen LogP contribution in [-0.2, 0) is 9.59 Å². The Balaban J connectivity index is 1.20. The highest BCUT2D eigenvalue weighted by molar-refractivity contribution is 5.76. The predicted molar refractivity (Wildman–Crippen MR) is 138 cm³/mol. The molecule has 0 N–H and O–H groups in total. The Morgan fingerprint density at radius 2 is 0.811 bits per heavy atom. The minimum atomic E-state index is -0.425. The molecule has 0 fully saturated rings. The molecule has 0 aliphatic heterocycles. The van der Waals surface area contributed by atoms with E-state index in [0.29, 0.717) is 29.0 Å². The second-order valence-corrected chi connectivity index (χ2v) is 8.23. The van der Waals surface area contributed by atoms with E-state index in [2.05, 4.69) is 12.1 Å². The molecule has 6 nitrogen and oxygen atoms in total. The Labute approximate surface area is 214 Å². The summed E-state index contributed by atoms with van der Waals surface area (Å²) in [5, 5.41) is 17.8. The van der Waals surface area contributed by atoms with Gasteiger partial charge in [-0.3, -0.25) is 9.59 Å². The van der Waals surface area contributed by atoms with E-state index in [0.717, 1.165) is 22.3 Å². The molecule has 0 unspecified atom stereocenters. The van der Waals surface area contributed by atoms with Gasteiger partial charge in [-0.05, 0) is 77.2 Å². The number of ether oxygens (including phenoxy) is 2. The van der Waals surface area contributed by atoms with Gasteiger partial charge in [0.15, 0.2) is 0 Å². The van der Waals surface area contributed by atoms with Crippen LogP contribution in [-0.4, -0.2) is 11.9 Å². The number of hydrogen-bond acceptors (Lipinski definition) is 6. The molecule has 0 spiro atoms. The number of carbonyl (C=O) groups excluding carboxylic acids is 2. The van der Waals surface area contributed by atoms with Crippen LogP contribution in [0.1, 0.15) is 30.4 Å². The summed E-state index contributed by atoms with van der Waals surface area (Å²) in [5.74, 6) is -0.00367. The largest absolute Gasteiger partial charge is 0.427 e. The van der Waals surface area contributed by atoms with Crippen LogP contribution in [0.4, 0.5) is 0 Å². The van der Waals surface area contributed by atoms with Crippen molar-refractivity contribution in [2.45, 2.75) is 19.3 Å². The quantitative estimate of drug-likeness (QED) is 0.210. The Kier molecular flexibility index (Phi) is 8.06. The standard InChI is InChI=1S/C31H22N2O4/c32-20-22-4-8-24(9-5-22)26-12-16-28(17-13-26)36-30(34)2-1-3-31(35)37-29-18-14-27(15-19-29)25-10-6-23(21-33)7-11-25/h4-19H,1-3H2. The topological polar surface area (TPSA) is 100 Å². The van der Waals surface area contributed by atoms with Crippen LogP contribution in [0.25, 0.3) is 22.3 Å². The summed E-state index contributed by atoms with van der Waals surface area (Å²) in [6.07, 6.45) is 0.485. The molecule has 0 saturated heterocycles. The van der Waals surface area contributed by atoms with Gasteiger partial charge in [0, 0.05) is 12.8 Å². The monoisotopic (exact) mass is 486 g/mol. The fourth-order valence-corrected chi connectivity index (χ4v) is 3.65. The molecular weight excluding hydrogens is 464 g/mol. The number of benzene rings is 4. The molecule has 0 aliphatic rings. The zero-order valence-electron chi connectivity index (χ0n) is 19.9.